The summed E-state index contributed by atoms with van der Waals surface area (Å²) in [7, 11) is 0. The van der Waals surface area contributed by atoms with Gasteiger partial charge in [-0.05, 0) is 22.3 Å². The molecule has 0 aliphatic heterocycles. The first-order valence-electron chi connectivity index (χ1n) is 5.94. The molecule has 0 atom stereocenters. The van der Waals surface area contributed by atoms with Crippen LogP contribution in [0.3, 0.4) is 0 Å². The topological polar surface area (TPSA) is 0 Å². The number of benzene rings is 2. The van der Waals surface area contributed by atoms with Gasteiger partial charge >= 0.3 is 0 Å². The van der Waals surface area contributed by atoms with Crippen molar-refractivity contribution in [3.05, 3.63) is 97.1 Å². The highest BCUT2D eigenvalue weighted by molar-refractivity contribution is 5.79. The zero-order valence-electron chi connectivity index (χ0n) is 10.3. The first kappa shape index (κ1) is 12.1. The minimum atomic E-state index is 0.993. The maximum Gasteiger partial charge on any atom is -0.0190 e. The third kappa shape index (κ3) is 3.08. The molecule has 88 valence electrons. The van der Waals surface area contributed by atoms with E-state index in [1.54, 1.807) is 0 Å². The average Bonchev–Trinajstić information content (AvgIpc) is 2.46. The molecule has 0 unspecified atom stereocenters. The number of rotatable bonds is 4. The Hall–Kier alpha value is -2.34. The molecule has 0 amide bonds. The van der Waals surface area contributed by atoms with E-state index in [4.69, 9.17) is 0 Å². The second-order valence-corrected chi connectivity index (χ2v) is 4.12. The van der Waals surface area contributed by atoms with Crippen LogP contribution in [0.2, 0.25) is 0 Å². The Kier molecular flexibility index (Phi) is 3.93. The SMILES string of the molecule is C=C(/C=C\C(=C)c1ccccc1)c1ccccc1. The molecule has 18 heavy (non-hydrogen) atoms. The van der Waals surface area contributed by atoms with Crippen molar-refractivity contribution in [2.75, 3.05) is 0 Å². The predicted octanol–water partition coefficient (Wildman–Crippen LogP) is 4.97. The van der Waals surface area contributed by atoms with Gasteiger partial charge in [-0.3, -0.25) is 0 Å². The highest BCUT2D eigenvalue weighted by atomic mass is 14.0. The minimum absolute atomic E-state index is 0.993. The van der Waals surface area contributed by atoms with Crippen LogP contribution in [0.1, 0.15) is 11.1 Å². The Morgan fingerprint density at radius 1 is 0.611 bits per heavy atom. The van der Waals surface area contributed by atoms with Gasteiger partial charge in [0.15, 0.2) is 0 Å². The fourth-order valence-corrected chi connectivity index (χ4v) is 1.70. The van der Waals surface area contributed by atoms with Crippen LogP contribution in [-0.2, 0) is 0 Å². The van der Waals surface area contributed by atoms with Gasteiger partial charge in [0.2, 0.25) is 0 Å². The Morgan fingerprint density at radius 2 is 0.944 bits per heavy atom. The van der Waals surface area contributed by atoms with Crippen molar-refractivity contribution in [2.45, 2.75) is 0 Å². The zero-order chi connectivity index (χ0) is 12.8. The van der Waals surface area contributed by atoms with Crippen LogP contribution in [-0.4, -0.2) is 0 Å². The van der Waals surface area contributed by atoms with Crippen molar-refractivity contribution in [3.63, 3.8) is 0 Å². The molecule has 0 heterocycles. The van der Waals surface area contributed by atoms with E-state index in [0.29, 0.717) is 0 Å². The molecule has 0 saturated carbocycles. The Bertz CT molecular complexity index is 506. The Morgan fingerprint density at radius 3 is 1.28 bits per heavy atom. The molecule has 0 fully saturated rings. The third-order valence-electron chi connectivity index (χ3n) is 2.77. The van der Waals surface area contributed by atoms with Crippen LogP contribution in [0, 0.1) is 0 Å². The van der Waals surface area contributed by atoms with Crippen LogP contribution in [0.4, 0.5) is 0 Å². The molecule has 0 radical (unpaired) electrons. The Balaban J connectivity index is 2.08. The van der Waals surface area contributed by atoms with Gasteiger partial charge < -0.3 is 0 Å². The van der Waals surface area contributed by atoms with E-state index in [1.807, 2.05) is 48.6 Å². The van der Waals surface area contributed by atoms with E-state index in [-0.39, 0.29) is 0 Å². The summed E-state index contributed by atoms with van der Waals surface area (Å²) in [5.74, 6) is 0. The van der Waals surface area contributed by atoms with Gasteiger partial charge in [0.05, 0.1) is 0 Å². The quantitative estimate of drug-likeness (QED) is 0.653. The molecule has 2 aromatic carbocycles. The van der Waals surface area contributed by atoms with Gasteiger partial charge in [-0.25, -0.2) is 0 Å². The summed E-state index contributed by atoms with van der Waals surface area (Å²) in [6.45, 7) is 8.13. The van der Waals surface area contributed by atoms with Crippen molar-refractivity contribution in [1.29, 1.82) is 0 Å². The average molecular weight is 232 g/mol. The van der Waals surface area contributed by atoms with Gasteiger partial charge in [-0.1, -0.05) is 86.0 Å². The number of hydrogen-bond acceptors (Lipinski definition) is 0. The van der Waals surface area contributed by atoms with E-state index < -0.39 is 0 Å². The molecular formula is C18H16. The first-order chi connectivity index (χ1) is 8.77. The smallest absolute Gasteiger partial charge is 0.0190 e. The summed E-state index contributed by atoms with van der Waals surface area (Å²) in [5.41, 5.74) is 4.25. The summed E-state index contributed by atoms with van der Waals surface area (Å²) in [5, 5.41) is 0. The molecule has 0 saturated heterocycles. The standard InChI is InChI=1S/C18H16/c1-15(17-9-5-3-6-10-17)13-14-16(2)18-11-7-4-8-12-18/h3-14H,1-2H2/b14-13-. The molecule has 0 bridgehead atoms. The van der Waals surface area contributed by atoms with Crippen molar-refractivity contribution in [2.24, 2.45) is 0 Å². The minimum Gasteiger partial charge on any atom is -0.0912 e. The summed E-state index contributed by atoms with van der Waals surface area (Å²) < 4.78 is 0. The van der Waals surface area contributed by atoms with Gasteiger partial charge in [0.1, 0.15) is 0 Å². The second kappa shape index (κ2) is 5.83. The molecule has 0 N–H and O–H groups in total. The molecule has 0 heteroatoms. The molecule has 2 rings (SSSR count). The number of allylic oxidation sites excluding steroid dienone is 4. The first-order valence-corrected chi connectivity index (χ1v) is 5.94. The lowest BCUT2D eigenvalue weighted by Crippen LogP contribution is -1.79. The fraction of sp³-hybridized carbons (Fsp3) is 0. The highest BCUT2D eigenvalue weighted by Gasteiger charge is 1.95. The van der Waals surface area contributed by atoms with Crippen molar-refractivity contribution < 1.29 is 0 Å². The van der Waals surface area contributed by atoms with Crippen molar-refractivity contribution in [3.8, 4) is 0 Å². The highest BCUT2D eigenvalue weighted by Crippen LogP contribution is 2.17. The number of hydrogen-bond donors (Lipinski definition) is 0. The molecule has 0 aliphatic rings. The van der Waals surface area contributed by atoms with E-state index in [0.717, 1.165) is 22.3 Å². The van der Waals surface area contributed by atoms with Gasteiger partial charge in [-0.2, -0.15) is 0 Å². The monoisotopic (exact) mass is 232 g/mol. The van der Waals surface area contributed by atoms with E-state index in [9.17, 15) is 0 Å². The van der Waals surface area contributed by atoms with Crippen LogP contribution in [0.25, 0.3) is 11.1 Å². The third-order valence-corrected chi connectivity index (χ3v) is 2.77. The predicted molar refractivity (Wildman–Crippen MR) is 80.1 cm³/mol. The van der Waals surface area contributed by atoms with Crippen LogP contribution < -0.4 is 0 Å². The molecular weight excluding hydrogens is 216 g/mol. The van der Waals surface area contributed by atoms with E-state index in [1.165, 1.54) is 0 Å². The second-order valence-electron chi connectivity index (χ2n) is 4.12. The van der Waals surface area contributed by atoms with Gasteiger partial charge in [-0.15, -0.1) is 0 Å². The lowest BCUT2D eigenvalue weighted by molar-refractivity contribution is 1.61. The van der Waals surface area contributed by atoms with Crippen LogP contribution in [0.5, 0.6) is 0 Å². The largest absolute Gasteiger partial charge is 0.0912 e. The summed E-state index contributed by atoms with van der Waals surface area (Å²) >= 11 is 0. The molecule has 0 aromatic heterocycles. The maximum atomic E-state index is 4.06. The van der Waals surface area contributed by atoms with E-state index in [2.05, 4.69) is 37.4 Å². The summed E-state index contributed by atoms with van der Waals surface area (Å²) in [6, 6.07) is 20.3. The normalized spacial score (nSPS) is 10.4. The zero-order valence-corrected chi connectivity index (χ0v) is 10.3. The maximum absolute atomic E-state index is 4.06. The van der Waals surface area contributed by atoms with Gasteiger partial charge in [0, 0.05) is 0 Å². The molecule has 0 aliphatic carbocycles. The van der Waals surface area contributed by atoms with Crippen LogP contribution in [0.15, 0.2) is 86.0 Å². The fourth-order valence-electron chi connectivity index (χ4n) is 1.70. The molecule has 0 nitrogen and oxygen atoms in total. The van der Waals surface area contributed by atoms with Crippen LogP contribution >= 0.6 is 0 Å². The lowest BCUT2D eigenvalue weighted by Gasteiger charge is -2.02. The van der Waals surface area contributed by atoms with Gasteiger partial charge in [0.25, 0.3) is 0 Å². The van der Waals surface area contributed by atoms with Crippen molar-refractivity contribution in [1.82, 2.24) is 0 Å². The summed E-state index contributed by atoms with van der Waals surface area (Å²) in [4.78, 5) is 0. The van der Waals surface area contributed by atoms with E-state index >= 15 is 0 Å². The molecule has 2 aromatic rings. The van der Waals surface area contributed by atoms with Crippen molar-refractivity contribution >= 4 is 11.1 Å². The molecule has 0 spiro atoms. The lowest BCUT2D eigenvalue weighted by atomic mass is 10.0. The summed E-state index contributed by atoms with van der Waals surface area (Å²) in [6.07, 6.45) is 4.01. The Labute approximate surface area is 109 Å².